The minimum atomic E-state index is -6.07. The summed E-state index contributed by atoms with van der Waals surface area (Å²) in [5, 5.41) is 41.9. The van der Waals surface area contributed by atoms with Crippen molar-refractivity contribution in [2.24, 2.45) is 0 Å². The number of hydrogen-bond donors (Lipinski definition) is 9. The first-order valence-electron chi connectivity index (χ1n) is 14.4. The fraction of sp³-hybridized carbons (Fsp3) is 0.500. The number of phosphoric acid groups is 3. The zero-order valence-corrected chi connectivity index (χ0v) is 29.6. The van der Waals surface area contributed by atoms with E-state index in [-0.39, 0.29) is 34.0 Å². The molecule has 2 saturated heterocycles. The summed E-state index contributed by atoms with van der Waals surface area (Å²) in [6, 6.07) is 0. The van der Waals surface area contributed by atoms with Gasteiger partial charge in [0.15, 0.2) is 35.4 Å². The maximum Gasteiger partial charge on any atom is 0.487 e. The van der Waals surface area contributed by atoms with Gasteiger partial charge in [-0.05, 0) is 0 Å². The number of anilines is 2. The van der Waals surface area contributed by atoms with E-state index in [0.717, 1.165) is 25.3 Å². The van der Waals surface area contributed by atoms with Crippen molar-refractivity contribution in [3.8, 4) is 0 Å². The molecule has 0 aromatic carbocycles. The van der Waals surface area contributed by atoms with Crippen molar-refractivity contribution < 1.29 is 84.8 Å². The van der Waals surface area contributed by atoms with Crippen LogP contribution in [0.15, 0.2) is 25.3 Å². The number of aliphatic hydroxyl groups is 4. The maximum atomic E-state index is 12.6. The summed E-state index contributed by atoms with van der Waals surface area (Å²) in [6.45, 7) is -2.13. The molecule has 0 saturated carbocycles. The van der Waals surface area contributed by atoms with Gasteiger partial charge >= 0.3 is 23.5 Å². The van der Waals surface area contributed by atoms with Crippen LogP contribution in [-0.4, -0.2) is 132 Å². The van der Waals surface area contributed by atoms with E-state index in [1.807, 2.05) is 0 Å². The number of hydrogen-bond acceptors (Lipinski definition) is 23. The molecule has 0 spiro atoms. The standard InChI is InChI=1S/C20H27BN10O18P4/c21-50(36,47-51(37,38)43-1-7-11(32)13(34)19(45-7)30-5-28-9-15(22)24-3-26-17(9)30)48-53(41,42)49-52(39,40)44-2-8-12(33)14(35)20(46-8)31-6-29-10-16(23)25-4-27-18(10)31/h3-8,11-14,19-20,32-35H,1-2H2,(H,37,38)(H,39,40)(H,41,42)(H2,22,24,26)(H2,23,25,27)/t7-,8-,11-,12-,13-,14-,19-,20-,50?/m1/s1. The molecule has 2 radical (unpaired) electrons. The second kappa shape index (κ2) is 14.7. The number of phosphoric ester groups is 2. The lowest BCUT2D eigenvalue weighted by molar-refractivity contribution is -0.0503. The molecule has 4 unspecified atom stereocenters. The first kappa shape index (κ1) is 39.8. The molecule has 28 nitrogen and oxygen atoms in total. The second-order valence-corrected chi connectivity index (χ2v) is 17.4. The third-order valence-electron chi connectivity index (χ3n) is 7.44. The molecule has 12 atom stereocenters. The summed E-state index contributed by atoms with van der Waals surface area (Å²) in [4.78, 5) is 53.5. The Kier molecular flexibility index (Phi) is 11.0. The lowest BCUT2D eigenvalue weighted by Crippen LogP contribution is -2.33. The van der Waals surface area contributed by atoms with E-state index in [1.165, 1.54) is 9.13 Å². The third-order valence-corrected chi connectivity index (χ3v) is 13.5. The molecule has 11 N–H and O–H groups in total. The molecule has 288 valence electrons. The quantitative estimate of drug-likeness (QED) is 0.0478. The van der Waals surface area contributed by atoms with Gasteiger partial charge in [-0.15, -0.1) is 0 Å². The van der Waals surface area contributed by atoms with Gasteiger partial charge < -0.3 is 56.0 Å². The highest BCUT2D eigenvalue weighted by Gasteiger charge is 2.49. The van der Waals surface area contributed by atoms with Gasteiger partial charge in [-0.3, -0.25) is 22.7 Å². The van der Waals surface area contributed by atoms with E-state index < -0.39 is 93.2 Å². The molecule has 2 fully saturated rings. The molecule has 6 heterocycles. The zero-order valence-electron chi connectivity index (χ0n) is 26.1. The summed E-state index contributed by atoms with van der Waals surface area (Å²) in [5.74, 6) is -0.00771. The van der Waals surface area contributed by atoms with Crippen LogP contribution in [0, 0.1) is 0 Å². The van der Waals surface area contributed by atoms with Crippen LogP contribution in [0.3, 0.4) is 0 Å². The lowest BCUT2D eigenvalue weighted by Gasteiger charge is -2.23. The van der Waals surface area contributed by atoms with Gasteiger partial charge in [0.1, 0.15) is 60.3 Å². The molecule has 0 amide bonds. The summed E-state index contributed by atoms with van der Waals surface area (Å²) in [6.07, 6.45) is -8.33. The van der Waals surface area contributed by atoms with Crippen LogP contribution in [-0.2, 0) is 49.7 Å². The van der Waals surface area contributed by atoms with Gasteiger partial charge in [0.05, 0.1) is 25.9 Å². The van der Waals surface area contributed by atoms with Crippen molar-refractivity contribution >= 4 is 72.5 Å². The molecule has 2 aliphatic rings. The van der Waals surface area contributed by atoms with Gasteiger partial charge in [0.2, 0.25) is 7.57 Å². The Bertz CT molecular complexity index is 2050. The average Bonchev–Trinajstić information content (AvgIpc) is 3.80. The van der Waals surface area contributed by atoms with Crippen LogP contribution in [0.4, 0.5) is 11.6 Å². The van der Waals surface area contributed by atoms with Gasteiger partial charge in [-0.1, -0.05) is 0 Å². The molecule has 4 aromatic rings. The SMILES string of the molecule is [B]P(=O)(OP(=O)(O)OC[C@H]1O[C@@H](n2cnc3c(N)ncnc32)[C@H](O)[C@@H]1O)OP(=O)(O)OP(=O)(O)OC[C@H]1O[C@@H](n2cnc3c(N)ncnc32)[C@H](O)[C@@H]1O. The van der Waals surface area contributed by atoms with Crippen molar-refractivity contribution in [2.75, 3.05) is 24.7 Å². The van der Waals surface area contributed by atoms with E-state index in [2.05, 4.69) is 51.9 Å². The molecule has 0 aliphatic carbocycles. The van der Waals surface area contributed by atoms with Gasteiger partial charge in [0.25, 0.3) is 7.47 Å². The Morgan fingerprint density at radius 3 is 1.47 bits per heavy atom. The number of rotatable bonds is 14. The van der Waals surface area contributed by atoms with Crippen molar-refractivity contribution in [3.63, 3.8) is 0 Å². The van der Waals surface area contributed by atoms with Crippen molar-refractivity contribution in [1.82, 2.24) is 39.0 Å². The molecule has 4 aromatic heterocycles. The number of fused-ring (bicyclic) bond motifs is 2. The Balaban J connectivity index is 1.01. The zero-order chi connectivity index (χ0) is 38.7. The number of imidazole rings is 2. The number of nitrogens with two attached hydrogens (primary N) is 2. The van der Waals surface area contributed by atoms with Gasteiger partial charge in [-0.2, -0.15) is 4.31 Å². The smallest absolute Gasteiger partial charge is 0.387 e. The normalized spacial score (nSPS) is 30.9. The topological polar surface area (TPSA) is 414 Å². The molecule has 53 heavy (non-hydrogen) atoms. The summed E-state index contributed by atoms with van der Waals surface area (Å²) >= 11 is 0. The van der Waals surface area contributed by atoms with Crippen LogP contribution < -0.4 is 11.5 Å². The number of ether oxygens (including phenoxy) is 2. The van der Waals surface area contributed by atoms with Crippen molar-refractivity contribution in [1.29, 1.82) is 0 Å². The number of nitrogens with zero attached hydrogens (tertiary/aromatic N) is 8. The van der Waals surface area contributed by atoms with Crippen LogP contribution in [0.1, 0.15) is 12.5 Å². The minimum Gasteiger partial charge on any atom is -0.387 e. The third kappa shape index (κ3) is 8.52. The number of aromatic nitrogens is 8. The summed E-state index contributed by atoms with van der Waals surface area (Å²) < 4.78 is 84.6. The Labute approximate surface area is 295 Å². The van der Waals surface area contributed by atoms with Crippen LogP contribution in [0.2, 0.25) is 0 Å². The summed E-state index contributed by atoms with van der Waals surface area (Å²) in [7, 11) is -18.0. The minimum absolute atomic E-state index is 0.00238. The van der Waals surface area contributed by atoms with E-state index in [1.54, 1.807) is 0 Å². The van der Waals surface area contributed by atoms with Crippen LogP contribution in [0.5, 0.6) is 0 Å². The lowest BCUT2D eigenvalue weighted by atomic mass is 10.1. The maximum absolute atomic E-state index is 12.6. The molecular formula is C20H27BN10O18P4. The van der Waals surface area contributed by atoms with E-state index in [0.29, 0.717) is 0 Å². The number of aliphatic hydroxyl groups excluding tert-OH is 4. The first-order chi connectivity index (χ1) is 24.7. The molecule has 2 aliphatic heterocycles. The Hall–Kier alpha value is -2.88. The molecule has 33 heteroatoms. The van der Waals surface area contributed by atoms with Gasteiger partial charge in [0, 0.05) is 0 Å². The van der Waals surface area contributed by atoms with Crippen LogP contribution in [0.25, 0.3) is 22.3 Å². The first-order valence-corrected chi connectivity index (χ1v) is 20.5. The van der Waals surface area contributed by atoms with Crippen molar-refractivity contribution in [3.05, 3.63) is 25.3 Å². The molecule has 6 rings (SSSR count). The monoisotopic (exact) mass is 830 g/mol. The average molecular weight is 830 g/mol. The summed E-state index contributed by atoms with van der Waals surface area (Å²) in [5.41, 5.74) is 11.9. The second-order valence-electron chi connectivity index (χ2n) is 11.0. The Morgan fingerprint density at radius 1 is 0.642 bits per heavy atom. The fourth-order valence-corrected chi connectivity index (χ4v) is 10.3. The Morgan fingerprint density at radius 2 is 1.04 bits per heavy atom. The fourth-order valence-electron chi connectivity index (χ4n) is 5.14. The highest BCUT2D eigenvalue weighted by Crippen LogP contribution is 2.71. The van der Waals surface area contributed by atoms with Crippen LogP contribution >= 0.6 is 30.9 Å². The van der Waals surface area contributed by atoms with Gasteiger partial charge in [-0.25, -0.2) is 52.2 Å². The highest BCUT2D eigenvalue weighted by atomic mass is 31.3. The predicted molar refractivity (Wildman–Crippen MR) is 169 cm³/mol. The molecule has 0 bridgehead atoms. The van der Waals surface area contributed by atoms with E-state index >= 15 is 0 Å². The van der Waals surface area contributed by atoms with E-state index in [9.17, 15) is 53.4 Å². The van der Waals surface area contributed by atoms with E-state index in [4.69, 9.17) is 28.5 Å². The largest absolute Gasteiger partial charge is 0.487 e. The highest BCUT2D eigenvalue weighted by molar-refractivity contribution is 7.87. The predicted octanol–water partition coefficient (Wildman–Crippen LogP) is -2.27. The van der Waals surface area contributed by atoms with Crippen molar-refractivity contribution in [2.45, 2.75) is 49.1 Å². The molecular weight excluding hydrogens is 803 g/mol. The number of nitrogen functional groups attached to an aromatic ring is 2.